The zero-order chi connectivity index (χ0) is 12.1. The lowest BCUT2D eigenvalue weighted by atomic mass is 9.92. The van der Waals surface area contributed by atoms with E-state index in [1.54, 1.807) is 0 Å². The number of benzene rings is 1. The van der Waals surface area contributed by atoms with E-state index in [1.807, 2.05) is 0 Å². The van der Waals surface area contributed by atoms with Gasteiger partial charge < -0.3 is 10.6 Å². The van der Waals surface area contributed by atoms with E-state index in [2.05, 4.69) is 34.9 Å². The first-order valence-corrected chi connectivity index (χ1v) is 6.93. The highest BCUT2D eigenvalue weighted by Crippen LogP contribution is 2.59. The Morgan fingerprint density at radius 2 is 2.11 bits per heavy atom. The number of hydrogen-bond acceptors (Lipinski definition) is 2. The largest absolute Gasteiger partial charge is 0.351 e. The molecule has 1 saturated heterocycles. The summed E-state index contributed by atoms with van der Waals surface area (Å²) in [6, 6.07) is 9.01. The van der Waals surface area contributed by atoms with Gasteiger partial charge in [0.05, 0.1) is 6.04 Å². The van der Waals surface area contributed by atoms with Crippen LogP contribution in [0.4, 0.5) is 0 Å². The molecular weight excluding hydrogens is 224 g/mol. The van der Waals surface area contributed by atoms with Gasteiger partial charge in [0, 0.05) is 19.0 Å². The molecule has 3 nitrogen and oxygen atoms in total. The number of hydrogen-bond donors (Lipinski definition) is 2. The predicted molar refractivity (Wildman–Crippen MR) is 69.3 cm³/mol. The number of nitrogens with one attached hydrogen (secondary N) is 2. The summed E-state index contributed by atoms with van der Waals surface area (Å²) in [5.41, 5.74) is 2.89. The fourth-order valence-electron chi connectivity index (χ4n) is 3.61. The maximum atomic E-state index is 12.2. The Bertz CT molecular complexity index is 495. The lowest BCUT2D eigenvalue weighted by Gasteiger charge is -2.28. The van der Waals surface area contributed by atoms with Crippen molar-refractivity contribution < 1.29 is 4.79 Å². The quantitative estimate of drug-likeness (QED) is 0.814. The van der Waals surface area contributed by atoms with Crippen LogP contribution >= 0.6 is 0 Å². The number of carbonyl (C=O) groups is 1. The van der Waals surface area contributed by atoms with Gasteiger partial charge in [-0.15, -0.1) is 0 Å². The van der Waals surface area contributed by atoms with Crippen LogP contribution in [-0.2, 0) is 11.2 Å². The maximum Gasteiger partial charge on any atom is 0.224 e. The van der Waals surface area contributed by atoms with Gasteiger partial charge in [0.15, 0.2) is 0 Å². The van der Waals surface area contributed by atoms with E-state index in [1.165, 1.54) is 17.5 Å². The molecule has 1 amide bonds. The second-order valence-corrected chi connectivity index (χ2v) is 5.82. The van der Waals surface area contributed by atoms with Crippen LogP contribution in [0.1, 0.15) is 23.5 Å². The summed E-state index contributed by atoms with van der Waals surface area (Å²) in [5, 5.41) is 6.35. The van der Waals surface area contributed by atoms with Crippen LogP contribution in [0.2, 0.25) is 0 Å². The van der Waals surface area contributed by atoms with Crippen LogP contribution in [0.15, 0.2) is 24.3 Å². The topological polar surface area (TPSA) is 41.1 Å². The average molecular weight is 242 g/mol. The van der Waals surface area contributed by atoms with Crippen LogP contribution in [0.3, 0.4) is 0 Å². The minimum absolute atomic E-state index is 0.245. The molecule has 3 atom stereocenters. The fourth-order valence-corrected chi connectivity index (χ4v) is 3.61. The number of amides is 1. The van der Waals surface area contributed by atoms with Crippen molar-refractivity contribution in [2.75, 3.05) is 13.1 Å². The van der Waals surface area contributed by atoms with E-state index in [-0.39, 0.29) is 11.8 Å². The first-order chi connectivity index (χ1) is 8.84. The van der Waals surface area contributed by atoms with Crippen molar-refractivity contribution in [3.63, 3.8) is 0 Å². The normalized spacial score (nSPS) is 33.0. The van der Waals surface area contributed by atoms with Crippen molar-refractivity contribution in [2.45, 2.75) is 24.8 Å². The van der Waals surface area contributed by atoms with E-state index in [4.69, 9.17) is 0 Å². The number of aryl methyl sites for hydroxylation is 1. The third kappa shape index (κ3) is 1.50. The lowest BCUT2D eigenvalue weighted by molar-refractivity contribution is -0.123. The van der Waals surface area contributed by atoms with Gasteiger partial charge in [-0.1, -0.05) is 24.3 Å². The Kier molecular flexibility index (Phi) is 2.24. The minimum Gasteiger partial charge on any atom is -0.351 e. The second kappa shape index (κ2) is 3.82. The number of carbonyl (C=O) groups excluding carboxylic acids is 1. The van der Waals surface area contributed by atoms with Gasteiger partial charge in [0.25, 0.3) is 0 Å². The highest BCUT2D eigenvalue weighted by molar-refractivity contribution is 5.84. The van der Waals surface area contributed by atoms with E-state index in [0.717, 1.165) is 19.5 Å². The first kappa shape index (κ1) is 10.6. The van der Waals surface area contributed by atoms with Gasteiger partial charge >= 0.3 is 0 Å². The summed E-state index contributed by atoms with van der Waals surface area (Å²) in [7, 11) is 0. The SMILES string of the molecule is O=C(NC1CNC1)C1C2CCc3ccccc3C21. The summed E-state index contributed by atoms with van der Waals surface area (Å²) in [6.07, 6.45) is 2.33. The molecule has 0 aromatic heterocycles. The van der Waals surface area contributed by atoms with E-state index in [0.29, 0.717) is 17.9 Å². The molecule has 1 heterocycles. The van der Waals surface area contributed by atoms with Crippen LogP contribution in [0.5, 0.6) is 0 Å². The molecular formula is C15H18N2O. The molecule has 1 aromatic rings. The Morgan fingerprint density at radius 3 is 2.89 bits per heavy atom. The van der Waals surface area contributed by atoms with Gasteiger partial charge in [-0.2, -0.15) is 0 Å². The Labute approximate surface area is 107 Å². The molecule has 94 valence electrons. The van der Waals surface area contributed by atoms with Crippen LogP contribution in [0.25, 0.3) is 0 Å². The average Bonchev–Trinajstić information content (AvgIpc) is 3.08. The predicted octanol–water partition coefficient (Wildman–Crippen LogP) is 1.05. The van der Waals surface area contributed by atoms with Gasteiger partial charge in [-0.05, 0) is 35.8 Å². The third-order valence-electron chi connectivity index (χ3n) is 4.76. The Morgan fingerprint density at radius 1 is 1.28 bits per heavy atom. The monoisotopic (exact) mass is 242 g/mol. The van der Waals surface area contributed by atoms with Gasteiger partial charge in [-0.3, -0.25) is 4.79 Å². The van der Waals surface area contributed by atoms with Crippen molar-refractivity contribution in [1.82, 2.24) is 10.6 Å². The molecule has 1 saturated carbocycles. The molecule has 1 aromatic carbocycles. The molecule has 0 radical (unpaired) electrons. The van der Waals surface area contributed by atoms with Crippen molar-refractivity contribution in [2.24, 2.45) is 11.8 Å². The van der Waals surface area contributed by atoms with Crippen molar-refractivity contribution >= 4 is 5.91 Å². The summed E-state index contributed by atoms with van der Waals surface area (Å²) >= 11 is 0. The molecule has 2 N–H and O–H groups in total. The maximum absolute atomic E-state index is 12.2. The first-order valence-electron chi connectivity index (χ1n) is 6.93. The zero-order valence-electron chi connectivity index (χ0n) is 10.4. The van der Waals surface area contributed by atoms with Crippen LogP contribution in [0, 0.1) is 11.8 Å². The van der Waals surface area contributed by atoms with E-state index < -0.39 is 0 Å². The Balaban J connectivity index is 1.52. The van der Waals surface area contributed by atoms with Crippen LogP contribution in [-0.4, -0.2) is 25.0 Å². The van der Waals surface area contributed by atoms with Crippen molar-refractivity contribution in [3.8, 4) is 0 Å². The summed E-state index contributed by atoms with van der Waals surface area (Å²) in [6.45, 7) is 1.87. The molecule has 4 rings (SSSR count). The second-order valence-electron chi connectivity index (χ2n) is 5.82. The minimum atomic E-state index is 0.245. The molecule has 3 heteroatoms. The van der Waals surface area contributed by atoms with Gasteiger partial charge in [0.1, 0.15) is 0 Å². The third-order valence-corrected chi connectivity index (χ3v) is 4.76. The summed E-state index contributed by atoms with van der Waals surface area (Å²) in [5.74, 6) is 1.64. The van der Waals surface area contributed by atoms with E-state index >= 15 is 0 Å². The zero-order valence-corrected chi connectivity index (χ0v) is 10.4. The summed E-state index contributed by atoms with van der Waals surface area (Å²) < 4.78 is 0. The number of rotatable bonds is 2. The molecule has 2 aliphatic carbocycles. The van der Waals surface area contributed by atoms with Gasteiger partial charge in [0.2, 0.25) is 5.91 Å². The number of fused-ring (bicyclic) bond motifs is 3. The van der Waals surface area contributed by atoms with Crippen molar-refractivity contribution in [1.29, 1.82) is 0 Å². The molecule has 0 bridgehead atoms. The summed E-state index contributed by atoms with van der Waals surface area (Å²) in [4.78, 5) is 12.2. The molecule has 3 unspecified atom stereocenters. The van der Waals surface area contributed by atoms with Crippen molar-refractivity contribution in [3.05, 3.63) is 35.4 Å². The molecule has 0 spiro atoms. The Hall–Kier alpha value is -1.35. The van der Waals surface area contributed by atoms with Crippen LogP contribution < -0.4 is 10.6 Å². The van der Waals surface area contributed by atoms with Gasteiger partial charge in [-0.25, -0.2) is 0 Å². The lowest BCUT2D eigenvalue weighted by Crippen LogP contribution is -2.57. The fraction of sp³-hybridized carbons (Fsp3) is 0.533. The standard InChI is InChI=1S/C15H18N2O/c18-15(17-10-7-16-8-10)14-12-6-5-9-3-1-2-4-11(9)13(12)14/h1-4,10,12-14,16H,5-8H2,(H,17,18). The molecule has 2 fully saturated rings. The molecule has 3 aliphatic rings. The molecule has 18 heavy (non-hydrogen) atoms. The highest BCUT2D eigenvalue weighted by atomic mass is 16.2. The molecule has 1 aliphatic heterocycles. The van der Waals surface area contributed by atoms with E-state index in [9.17, 15) is 4.79 Å². The highest BCUT2D eigenvalue weighted by Gasteiger charge is 2.57. The smallest absolute Gasteiger partial charge is 0.224 e.